The van der Waals surface area contributed by atoms with Crippen LogP contribution >= 0.6 is 0 Å². The maximum atomic E-state index is 5.47. The Morgan fingerprint density at radius 3 is 2.20 bits per heavy atom. The number of rotatable bonds is 2. The number of methoxy groups -OCH3 is 1. The van der Waals surface area contributed by atoms with E-state index in [1.54, 1.807) is 12.7 Å². The zero-order valence-electron chi connectivity index (χ0n) is 9.97. The standard InChI is InChI=1S/C14H20O/c1-10(2)13-8-11-6-4-5-7-12(11)9-14(13)15-3/h8-10H,4-7H2,1-3H3. The van der Waals surface area contributed by atoms with E-state index in [1.165, 1.54) is 36.8 Å². The van der Waals surface area contributed by atoms with E-state index < -0.39 is 0 Å². The van der Waals surface area contributed by atoms with Gasteiger partial charge in [-0.05, 0) is 54.4 Å². The molecule has 0 atom stereocenters. The third-order valence-corrected chi connectivity index (χ3v) is 3.32. The van der Waals surface area contributed by atoms with E-state index in [-0.39, 0.29) is 0 Å². The number of aryl methyl sites for hydroxylation is 2. The Morgan fingerprint density at radius 1 is 1.07 bits per heavy atom. The Labute approximate surface area is 92.5 Å². The first-order valence-electron chi connectivity index (χ1n) is 5.92. The minimum absolute atomic E-state index is 0.548. The van der Waals surface area contributed by atoms with Gasteiger partial charge in [0, 0.05) is 0 Å². The topological polar surface area (TPSA) is 9.23 Å². The fourth-order valence-electron chi connectivity index (χ4n) is 2.41. The zero-order chi connectivity index (χ0) is 10.8. The molecule has 0 aromatic heterocycles. The maximum absolute atomic E-state index is 5.47. The van der Waals surface area contributed by atoms with Gasteiger partial charge in [-0.25, -0.2) is 0 Å². The Morgan fingerprint density at radius 2 is 1.67 bits per heavy atom. The molecule has 15 heavy (non-hydrogen) atoms. The number of fused-ring (bicyclic) bond motifs is 1. The molecule has 0 spiro atoms. The van der Waals surface area contributed by atoms with Gasteiger partial charge in [0.15, 0.2) is 0 Å². The minimum atomic E-state index is 0.548. The van der Waals surface area contributed by atoms with E-state index in [9.17, 15) is 0 Å². The summed E-state index contributed by atoms with van der Waals surface area (Å²) in [7, 11) is 1.77. The summed E-state index contributed by atoms with van der Waals surface area (Å²) in [6.07, 6.45) is 5.15. The summed E-state index contributed by atoms with van der Waals surface area (Å²) in [6, 6.07) is 4.61. The fraction of sp³-hybridized carbons (Fsp3) is 0.571. The third-order valence-electron chi connectivity index (χ3n) is 3.32. The lowest BCUT2D eigenvalue weighted by atomic mass is 9.87. The van der Waals surface area contributed by atoms with Gasteiger partial charge in [-0.1, -0.05) is 19.9 Å². The van der Waals surface area contributed by atoms with Crippen LogP contribution in [0.15, 0.2) is 12.1 Å². The highest BCUT2D eigenvalue weighted by atomic mass is 16.5. The van der Waals surface area contributed by atoms with E-state index in [0.29, 0.717) is 5.92 Å². The van der Waals surface area contributed by atoms with Crippen LogP contribution in [0.25, 0.3) is 0 Å². The molecular formula is C14H20O. The highest BCUT2D eigenvalue weighted by Gasteiger charge is 2.15. The maximum Gasteiger partial charge on any atom is 0.122 e. The summed E-state index contributed by atoms with van der Waals surface area (Å²) in [6.45, 7) is 4.46. The number of ether oxygens (including phenoxy) is 1. The van der Waals surface area contributed by atoms with Crippen molar-refractivity contribution in [1.82, 2.24) is 0 Å². The normalized spacial score (nSPS) is 15.2. The van der Waals surface area contributed by atoms with Crippen LogP contribution in [-0.4, -0.2) is 7.11 Å². The van der Waals surface area contributed by atoms with Crippen molar-refractivity contribution in [3.05, 3.63) is 28.8 Å². The number of hydrogen-bond acceptors (Lipinski definition) is 1. The SMILES string of the molecule is COc1cc2c(cc1C(C)C)CCCC2. The molecule has 0 saturated carbocycles. The molecule has 0 N–H and O–H groups in total. The first-order chi connectivity index (χ1) is 7.22. The first kappa shape index (κ1) is 10.5. The van der Waals surface area contributed by atoms with Crippen molar-refractivity contribution in [2.75, 3.05) is 7.11 Å². The molecular weight excluding hydrogens is 184 g/mol. The number of hydrogen-bond donors (Lipinski definition) is 0. The predicted molar refractivity (Wildman–Crippen MR) is 63.7 cm³/mol. The van der Waals surface area contributed by atoms with E-state index in [0.717, 1.165) is 5.75 Å². The van der Waals surface area contributed by atoms with Crippen LogP contribution in [0.2, 0.25) is 0 Å². The molecule has 0 heterocycles. The molecule has 0 amide bonds. The van der Waals surface area contributed by atoms with Crippen molar-refractivity contribution < 1.29 is 4.74 Å². The van der Waals surface area contributed by atoms with Gasteiger partial charge in [0.1, 0.15) is 5.75 Å². The molecule has 1 aromatic carbocycles. The third kappa shape index (κ3) is 2.01. The first-order valence-corrected chi connectivity index (χ1v) is 5.92. The van der Waals surface area contributed by atoms with Crippen molar-refractivity contribution in [3.63, 3.8) is 0 Å². The van der Waals surface area contributed by atoms with Crippen LogP contribution in [0, 0.1) is 0 Å². The summed E-state index contributed by atoms with van der Waals surface area (Å²) in [4.78, 5) is 0. The average molecular weight is 204 g/mol. The van der Waals surface area contributed by atoms with Gasteiger partial charge in [-0.15, -0.1) is 0 Å². The van der Waals surface area contributed by atoms with Gasteiger partial charge in [0.25, 0.3) is 0 Å². The van der Waals surface area contributed by atoms with Crippen molar-refractivity contribution >= 4 is 0 Å². The summed E-state index contributed by atoms with van der Waals surface area (Å²) < 4.78 is 5.47. The smallest absolute Gasteiger partial charge is 0.122 e. The van der Waals surface area contributed by atoms with Crippen LogP contribution in [0.4, 0.5) is 0 Å². The van der Waals surface area contributed by atoms with Gasteiger partial charge < -0.3 is 4.74 Å². The van der Waals surface area contributed by atoms with Gasteiger partial charge in [-0.2, -0.15) is 0 Å². The molecule has 82 valence electrons. The van der Waals surface area contributed by atoms with E-state index >= 15 is 0 Å². The van der Waals surface area contributed by atoms with Gasteiger partial charge in [-0.3, -0.25) is 0 Å². The molecule has 1 aliphatic rings. The Kier molecular flexibility index (Phi) is 2.99. The highest BCUT2D eigenvalue weighted by molar-refractivity contribution is 5.45. The molecule has 1 nitrogen and oxygen atoms in total. The quantitative estimate of drug-likeness (QED) is 0.713. The predicted octanol–water partition coefficient (Wildman–Crippen LogP) is 3.70. The van der Waals surface area contributed by atoms with Crippen molar-refractivity contribution in [3.8, 4) is 5.75 Å². The second-order valence-electron chi connectivity index (χ2n) is 4.72. The molecule has 0 bridgehead atoms. The molecule has 0 aliphatic heterocycles. The van der Waals surface area contributed by atoms with Crippen molar-refractivity contribution in [2.45, 2.75) is 45.4 Å². The minimum Gasteiger partial charge on any atom is -0.496 e. The fourth-order valence-corrected chi connectivity index (χ4v) is 2.41. The summed E-state index contributed by atoms with van der Waals surface area (Å²) in [5.74, 6) is 1.62. The van der Waals surface area contributed by atoms with E-state index in [1.807, 2.05) is 0 Å². The van der Waals surface area contributed by atoms with Crippen LogP contribution in [0.1, 0.15) is 49.3 Å². The Bertz CT molecular complexity index is 353. The van der Waals surface area contributed by atoms with Crippen LogP contribution in [-0.2, 0) is 12.8 Å². The van der Waals surface area contributed by atoms with Crippen LogP contribution < -0.4 is 4.74 Å². The molecule has 1 heteroatoms. The molecule has 1 aliphatic carbocycles. The zero-order valence-corrected chi connectivity index (χ0v) is 9.97. The molecule has 2 rings (SSSR count). The Hall–Kier alpha value is -0.980. The molecule has 1 aromatic rings. The Balaban J connectivity index is 2.46. The largest absolute Gasteiger partial charge is 0.496 e. The molecule has 0 saturated heterocycles. The molecule has 0 radical (unpaired) electrons. The van der Waals surface area contributed by atoms with Gasteiger partial charge >= 0.3 is 0 Å². The van der Waals surface area contributed by atoms with Gasteiger partial charge in [0.2, 0.25) is 0 Å². The van der Waals surface area contributed by atoms with E-state index in [4.69, 9.17) is 4.74 Å². The van der Waals surface area contributed by atoms with E-state index in [2.05, 4.69) is 26.0 Å². The lowest BCUT2D eigenvalue weighted by Crippen LogP contribution is -2.05. The average Bonchev–Trinajstić information content (AvgIpc) is 2.27. The highest BCUT2D eigenvalue weighted by Crippen LogP contribution is 2.32. The summed E-state index contributed by atoms with van der Waals surface area (Å²) in [5.41, 5.74) is 4.41. The van der Waals surface area contributed by atoms with Crippen LogP contribution in [0.3, 0.4) is 0 Å². The van der Waals surface area contributed by atoms with Gasteiger partial charge in [0.05, 0.1) is 7.11 Å². The summed E-state index contributed by atoms with van der Waals surface area (Å²) >= 11 is 0. The molecule has 0 fully saturated rings. The number of benzene rings is 1. The second-order valence-corrected chi connectivity index (χ2v) is 4.72. The lowest BCUT2D eigenvalue weighted by Gasteiger charge is -2.20. The van der Waals surface area contributed by atoms with Crippen molar-refractivity contribution in [1.29, 1.82) is 0 Å². The molecule has 0 unspecified atom stereocenters. The lowest BCUT2D eigenvalue weighted by molar-refractivity contribution is 0.406. The van der Waals surface area contributed by atoms with Crippen LogP contribution in [0.5, 0.6) is 5.75 Å². The summed E-state index contributed by atoms with van der Waals surface area (Å²) in [5, 5.41) is 0. The second kappa shape index (κ2) is 4.26. The monoisotopic (exact) mass is 204 g/mol. The van der Waals surface area contributed by atoms with Crippen molar-refractivity contribution in [2.24, 2.45) is 0 Å².